The van der Waals surface area contributed by atoms with Gasteiger partial charge in [-0.25, -0.2) is 14.2 Å². The molecular weight excluding hydrogens is 486 g/mol. The van der Waals surface area contributed by atoms with E-state index >= 15 is 0 Å². The molecular formula is C27H23Cl2FN4O. The summed E-state index contributed by atoms with van der Waals surface area (Å²) < 4.78 is 15.9. The topological polar surface area (TPSA) is 50.2 Å². The first-order valence-electron chi connectivity index (χ1n) is 11.3. The Morgan fingerprint density at radius 2 is 1.94 bits per heavy atom. The molecule has 5 nitrogen and oxygen atoms in total. The molecule has 178 valence electrons. The highest BCUT2D eigenvalue weighted by Gasteiger charge is 2.26. The normalized spacial score (nSPS) is 13.9. The lowest BCUT2D eigenvalue weighted by Crippen LogP contribution is -2.34. The first kappa shape index (κ1) is 23.5. The van der Waals surface area contributed by atoms with Gasteiger partial charge in [0.05, 0.1) is 5.52 Å². The molecule has 0 bridgehead atoms. The van der Waals surface area contributed by atoms with E-state index in [4.69, 9.17) is 23.2 Å². The zero-order chi connectivity index (χ0) is 24.4. The third kappa shape index (κ3) is 5.25. The van der Waals surface area contributed by atoms with Gasteiger partial charge in [0, 0.05) is 54.9 Å². The molecule has 0 saturated carbocycles. The molecule has 2 aromatic carbocycles. The summed E-state index contributed by atoms with van der Waals surface area (Å²) in [6.45, 7) is 2.50. The summed E-state index contributed by atoms with van der Waals surface area (Å²) in [5.41, 5.74) is 4.56. The van der Waals surface area contributed by atoms with Crippen molar-refractivity contribution in [3.8, 4) is 0 Å². The van der Waals surface area contributed by atoms with Gasteiger partial charge in [0.2, 0.25) is 0 Å². The fourth-order valence-electron chi connectivity index (χ4n) is 4.50. The van der Waals surface area contributed by atoms with Crippen LogP contribution >= 0.6 is 23.2 Å². The standard InChI is InChI=1S/C27H23Cl2FN4O/c28-20-5-3-18(4-6-20)2-1-12-33-13-10-25-23(17-33)22-15-21(30)7-8-24(22)34(25)27(35)32-16-19-9-11-31-26(29)14-19/h1-9,11,14-15H,10,12-13,16-17H2,(H,32,35)/b2-1+. The fraction of sp³-hybridized carbons (Fsp3) is 0.185. The Morgan fingerprint density at radius 3 is 2.74 bits per heavy atom. The molecule has 1 N–H and O–H groups in total. The van der Waals surface area contributed by atoms with E-state index in [1.54, 1.807) is 29.0 Å². The molecule has 0 spiro atoms. The molecule has 1 aliphatic heterocycles. The van der Waals surface area contributed by atoms with Gasteiger partial charge in [-0.05, 0) is 59.2 Å². The van der Waals surface area contributed by atoms with Crippen LogP contribution in [0.1, 0.15) is 22.4 Å². The smallest absolute Gasteiger partial charge is 0.326 e. The molecule has 0 atom stereocenters. The molecule has 2 aromatic heterocycles. The summed E-state index contributed by atoms with van der Waals surface area (Å²) in [6.07, 6.45) is 6.47. The first-order chi connectivity index (χ1) is 17.0. The molecule has 8 heteroatoms. The predicted octanol–water partition coefficient (Wildman–Crippen LogP) is 6.31. The van der Waals surface area contributed by atoms with Crippen LogP contribution in [0.5, 0.6) is 0 Å². The number of nitrogens with zero attached hydrogens (tertiary/aromatic N) is 3. The molecule has 35 heavy (non-hydrogen) atoms. The summed E-state index contributed by atoms with van der Waals surface area (Å²) in [5, 5.41) is 4.82. The van der Waals surface area contributed by atoms with Gasteiger partial charge in [0.15, 0.2) is 0 Å². The third-order valence-corrected chi connectivity index (χ3v) is 6.63. The minimum absolute atomic E-state index is 0.244. The van der Waals surface area contributed by atoms with E-state index in [9.17, 15) is 9.18 Å². The van der Waals surface area contributed by atoms with Gasteiger partial charge in [0.1, 0.15) is 11.0 Å². The van der Waals surface area contributed by atoms with E-state index in [2.05, 4.69) is 27.4 Å². The number of halogens is 3. The van der Waals surface area contributed by atoms with Gasteiger partial charge in [-0.2, -0.15) is 0 Å². The predicted molar refractivity (Wildman–Crippen MR) is 138 cm³/mol. The fourth-order valence-corrected chi connectivity index (χ4v) is 4.82. The van der Waals surface area contributed by atoms with Gasteiger partial charge in [-0.3, -0.25) is 9.47 Å². The van der Waals surface area contributed by atoms with Crippen molar-refractivity contribution >= 4 is 46.2 Å². The molecule has 0 saturated heterocycles. The third-order valence-electron chi connectivity index (χ3n) is 6.17. The van der Waals surface area contributed by atoms with Crippen molar-refractivity contribution in [3.63, 3.8) is 0 Å². The highest BCUT2D eigenvalue weighted by Crippen LogP contribution is 2.31. The van der Waals surface area contributed by atoms with Crippen molar-refractivity contribution in [3.05, 3.63) is 105 Å². The minimum Gasteiger partial charge on any atom is -0.333 e. The SMILES string of the molecule is O=C(NCc1ccnc(Cl)c1)n1c2c(c3cc(F)ccc31)CN(C/C=C/c1ccc(Cl)cc1)CC2. The number of nitrogens with one attached hydrogen (secondary N) is 1. The van der Waals surface area contributed by atoms with E-state index < -0.39 is 0 Å². The van der Waals surface area contributed by atoms with E-state index in [0.29, 0.717) is 35.2 Å². The van der Waals surface area contributed by atoms with Gasteiger partial charge >= 0.3 is 6.03 Å². The lowest BCUT2D eigenvalue weighted by molar-refractivity contribution is 0.240. The summed E-state index contributed by atoms with van der Waals surface area (Å²) in [5.74, 6) is -0.316. The van der Waals surface area contributed by atoms with Crippen molar-refractivity contribution in [2.45, 2.75) is 19.5 Å². The second kappa shape index (κ2) is 10.2. The average molecular weight is 509 g/mol. The van der Waals surface area contributed by atoms with Gasteiger partial charge in [0.25, 0.3) is 0 Å². The van der Waals surface area contributed by atoms with Crippen LogP contribution in [0.3, 0.4) is 0 Å². The molecule has 1 aliphatic rings. The Bertz CT molecular complexity index is 1410. The monoisotopic (exact) mass is 508 g/mol. The van der Waals surface area contributed by atoms with E-state index in [0.717, 1.165) is 40.9 Å². The number of carbonyl (C=O) groups excluding carboxylic acids is 1. The minimum atomic E-state index is -0.316. The van der Waals surface area contributed by atoms with Crippen molar-refractivity contribution in [2.75, 3.05) is 13.1 Å². The molecule has 5 rings (SSSR count). The number of amides is 1. The Kier molecular flexibility index (Phi) is 6.86. The quantitative estimate of drug-likeness (QED) is 0.321. The van der Waals surface area contributed by atoms with Gasteiger partial charge in [-0.1, -0.05) is 47.5 Å². The van der Waals surface area contributed by atoms with Crippen LogP contribution < -0.4 is 5.32 Å². The Labute approximate surface area is 212 Å². The highest BCUT2D eigenvalue weighted by atomic mass is 35.5. The number of rotatable bonds is 5. The van der Waals surface area contributed by atoms with E-state index in [1.807, 2.05) is 24.3 Å². The number of benzene rings is 2. The molecule has 1 amide bonds. The number of hydrogen-bond acceptors (Lipinski definition) is 3. The van der Waals surface area contributed by atoms with Crippen LogP contribution in [0.25, 0.3) is 17.0 Å². The summed E-state index contributed by atoms with van der Waals surface area (Å²) in [4.78, 5) is 19.5. The van der Waals surface area contributed by atoms with Crippen molar-refractivity contribution in [1.82, 2.24) is 19.8 Å². The number of hydrogen-bond donors (Lipinski definition) is 1. The summed E-state index contributed by atoms with van der Waals surface area (Å²) >= 11 is 11.9. The summed E-state index contributed by atoms with van der Waals surface area (Å²) in [7, 11) is 0. The largest absolute Gasteiger partial charge is 0.333 e. The Morgan fingerprint density at radius 1 is 1.11 bits per heavy atom. The first-order valence-corrected chi connectivity index (χ1v) is 12.1. The van der Waals surface area contributed by atoms with Gasteiger partial charge < -0.3 is 5.32 Å². The van der Waals surface area contributed by atoms with E-state index in [1.165, 1.54) is 12.1 Å². The molecule has 0 unspecified atom stereocenters. The maximum atomic E-state index is 14.2. The molecule has 3 heterocycles. The number of fused-ring (bicyclic) bond motifs is 3. The molecule has 0 fully saturated rings. The maximum Gasteiger partial charge on any atom is 0.326 e. The zero-order valence-corrected chi connectivity index (χ0v) is 20.4. The maximum absolute atomic E-state index is 14.2. The second-order valence-electron chi connectivity index (χ2n) is 8.51. The highest BCUT2D eigenvalue weighted by molar-refractivity contribution is 6.30. The molecule has 0 aliphatic carbocycles. The van der Waals surface area contributed by atoms with Crippen LogP contribution in [0.15, 0.2) is 66.9 Å². The van der Waals surface area contributed by atoms with Crippen molar-refractivity contribution < 1.29 is 9.18 Å². The second-order valence-corrected chi connectivity index (χ2v) is 9.33. The lowest BCUT2D eigenvalue weighted by Gasteiger charge is -2.27. The van der Waals surface area contributed by atoms with Crippen LogP contribution in [-0.2, 0) is 19.5 Å². The average Bonchev–Trinajstić information content (AvgIpc) is 3.17. The van der Waals surface area contributed by atoms with Crippen molar-refractivity contribution in [1.29, 1.82) is 0 Å². The molecule has 4 aromatic rings. The van der Waals surface area contributed by atoms with Crippen molar-refractivity contribution in [2.24, 2.45) is 0 Å². The number of carbonyl (C=O) groups is 1. The van der Waals surface area contributed by atoms with E-state index in [-0.39, 0.29) is 11.8 Å². The number of pyridine rings is 1. The Hall–Kier alpha value is -3.19. The zero-order valence-electron chi connectivity index (χ0n) is 18.8. The van der Waals surface area contributed by atoms with Crippen LogP contribution in [0.2, 0.25) is 10.2 Å². The molecule has 0 radical (unpaired) electrons. The number of aromatic nitrogens is 2. The van der Waals surface area contributed by atoms with Gasteiger partial charge in [-0.15, -0.1) is 0 Å². The van der Waals surface area contributed by atoms with Crippen LogP contribution in [-0.4, -0.2) is 33.6 Å². The van der Waals surface area contributed by atoms with Crippen LogP contribution in [0.4, 0.5) is 9.18 Å². The Balaban J connectivity index is 1.37. The summed E-state index contributed by atoms with van der Waals surface area (Å²) in [6, 6.07) is 15.6. The lowest BCUT2D eigenvalue weighted by atomic mass is 10.0. The van der Waals surface area contributed by atoms with Crippen LogP contribution in [0, 0.1) is 5.82 Å².